The number of pyridine rings is 2. The molecule has 1 saturated heterocycles. The molecule has 0 spiro atoms. The molecule has 1 aliphatic carbocycles. The molecule has 2 fully saturated rings. The molecule has 4 heterocycles. The quantitative estimate of drug-likeness (QED) is 0.509. The predicted octanol–water partition coefficient (Wildman–Crippen LogP) is 3.47. The van der Waals surface area contributed by atoms with Gasteiger partial charge < -0.3 is 14.4 Å². The van der Waals surface area contributed by atoms with Gasteiger partial charge in [-0.15, -0.1) is 4.80 Å². The van der Waals surface area contributed by atoms with Crippen molar-refractivity contribution in [3.63, 3.8) is 0 Å². The number of halogens is 3. The lowest BCUT2D eigenvalue weighted by atomic mass is 9.93. The molecule has 36 heavy (non-hydrogen) atoms. The Bertz CT molecular complexity index is 1230. The molecule has 1 unspecified atom stereocenters. The average molecular weight is 502 g/mol. The van der Waals surface area contributed by atoms with E-state index in [0.29, 0.717) is 24.2 Å². The van der Waals surface area contributed by atoms with Crippen LogP contribution in [0.25, 0.3) is 5.69 Å². The lowest BCUT2D eigenvalue weighted by Gasteiger charge is -2.41. The average Bonchev–Trinajstić information content (AvgIpc) is 3.59. The SMILES string of the molecule is COC(C)[C@@H]1[C@H]2C[C@@H](Oc3ccc(C(F)(F)F)cn3)[C@H](C2)N1C(=O)c1nc(C)ccc1-n1nccn1. The molecule has 5 rings (SSSR count). The Morgan fingerprint density at radius 2 is 1.89 bits per heavy atom. The Hall–Kier alpha value is -3.54. The highest BCUT2D eigenvalue weighted by molar-refractivity contribution is 5.96. The number of piperidine rings is 1. The number of carbonyl (C=O) groups is 1. The predicted molar refractivity (Wildman–Crippen MR) is 120 cm³/mol. The molecule has 190 valence electrons. The summed E-state index contributed by atoms with van der Waals surface area (Å²) >= 11 is 0. The van der Waals surface area contributed by atoms with E-state index in [1.165, 1.54) is 23.3 Å². The molecule has 2 aliphatic rings. The maximum Gasteiger partial charge on any atom is 0.417 e. The zero-order chi connectivity index (χ0) is 25.6. The van der Waals surface area contributed by atoms with E-state index in [1.54, 1.807) is 31.1 Å². The summed E-state index contributed by atoms with van der Waals surface area (Å²) in [6, 6.07) is 5.14. The maximum atomic E-state index is 14.0. The highest BCUT2D eigenvalue weighted by Crippen LogP contribution is 2.46. The second-order valence-corrected chi connectivity index (χ2v) is 9.12. The number of amides is 1. The van der Waals surface area contributed by atoms with Gasteiger partial charge in [-0.2, -0.15) is 23.4 Å². The van der Waals surface area contributed by atoms with E-state index in [9.17, 15) is 18.0 Å². The number of nitrogens with zero attached hydrogens (tertiary/aromatic N) is 6. The second-order valence-electron chi connectivity index (χ2n) is 9.12. The molecule has 1 aliphatic heterocycles. The fourth-order valence-corrected chi connectivity index (χ4v) is 5.30. The zero-order valence-corrected chi connectivity index (χ0v) is 19.9. The number of hydrogen-bond donors (Lipinski definition) is 0. The van der Waals surface area contributed by atoms with E-state index in [-0.39, 0.29) is 41.6 Å². The van der Waals surface area contributed by atoms with Crippen molar-refractivity contribution in [2.75, 3.05) is 7.11 Å². The Kier molecular flexibility index (Phi) is 6.15. The number of carbonyl (C=O) groups excluding carboxylic acids is 1. The van der Waals surface area contributed by atoms with Crippen LogP contribution in [0.2, 0.25) is 0 Å². The number of aryl methyl sites for hydroxylation is 1. The number of likely N-dealkylation sites (tertiary alicyclic amines) is 1. The van der Waals surface area contributed by atoms with Crippen LogP contribution in [0.5, 0.6) is 5.88 Å². The summed E-state index contributed by atoms with van der Waals surface area (Å²) in [5.41, 5.74) is 0.470. The van der Waals surface area contributed by atoms with Crippen LogP contribution in [0.4, 0.5) is 13.2 Å². The molecule has 3 aromatic heterocycles. The van der Waals surface area contributed by atoms with Gasteiger partial charge in [0, 0.05) is 25.1 Å². The van der Waals surface area contributed by atoms with E-state index < -0.39 is 17.8 Å². The molecule has 2 bridgehead atoms. The van der Waals surface area contributed by atoms with Crippen LogP contribution >= 0.6 is 0 Å². The normalized spacial score (nSPS) is 24.2. The van der Waals surface area contributed by atoms with Crippen molar-refractivity contribution < 1.29 is 27.4 Å². The lowest BCUT2D eigenvalue weighted by Crippen LogP contribution is -2.56. The van der Waals surface area contributed by atoms with Gasteiger partial charge in [-0.05, 0) is 50.8 Å². The Balaban J connectivity index is 1.46. The summed E-state index contributed by atoms with van der Waals surface area (Å²) in [4.78, 5) is 25.5. The number of alkyl halides is 3. The van der Waals surface area contributed by atoms with Gasteiger partial charge in [0.2, 0.25) is 5.88 Å². The molecule has 0 radical (unpaired) electrons. The van der Waals surface area contributed by atoms with E-state index in [1.807, 2.05) is 6.92 Å². The van der Waals surface area contributed by atoms with E-state index in [2.05, 4.69) is 20.2 Å². The van der Waals surface area contributed by atoms with Crippen molar-refractivity contribution in [3.05, 3.63) is 59.8 Å². The standard InChI is InChI=1S/C24H25F3N6O3/c1-13-4-6-17(33-29-8-9-30-33)21(31-13)23(34)32-18-10-15(22(32)14(2)35-3)11-19(18)36-20-7-5-16(12-28-20)24(25,26)27/h4-9,12,14-15,18-19,22H,10-11H2,1-3H3/t14?,15-,18+,19-,22-/m1/s1. The first-order chi connectivity index (χ1) is 17.2. The van der Waals surface area contributed by atoms with Crippen LogP contribution in [0, 0.1) is 12.8 Å². The number of hydrogen-bond acceptors (Lipinski definition) is 7. The molecule has 5 atom stereocenters. The van der Waals surface area contributed by atoms with Gasteiger partial charge in [-0.1, -0.05) is 0 Å². The molecule has 0 N–H and O–H groups in total. The molecular weight excluding hydrogens is 477 g/mol. The highest BCUT2D eigenvalue weighted by atomic mass is 19.4. The van der Waals surface area contributed by atoms with Crippen molar-refractivity contribution in [2.24, 2.45) is 5.92 Å². The summed E-state index contributed by atoms with van der Waals surface area (Å²) in [6.07, 6.45) is -0.0649. The number of aromatic nitrogens is 5. The van der Waals surface area contributed by atoms with Crippen molar-refractivity contribution in [3.8, 4) is 11.6 Å². The van der Waals surface area contributed by atoms with Crippen LogP contribution in [0.15, 0.2) is 42.9 Å². The first-order valence-electron chi connectivity index (χ1n) is 11.6. The summed E-state index contributed by atoms with van der Waals surface area (Å²) in [5.74, 6) is -0.134. The van der Waals surface area contributed by atoms with Gasteiger partial charge in [-0.25, -0.2) is 9.97 Å². The van der Waals surface area contributed by atoms with Crippen molar-refractivity contribution in [1.82, 2.24) is 29.9 Å². The van der Waals surface area contributed by atoms with Gasteiger partial charge in [0.1, 0.15) is 11.8 Å². The smallest absolute Gasteiger partial charge is 0.417 e. The second kappa shape index (κ2) is 9.16. The fourth-order valence-electron chi connectivity index (χ4n) is 5.30. The molecule has 12 heteroatoms. The molecule has 9 nitrogen and oxygen atoms in total. The van der Waals surface area contributed by atoms with Crippen LogP contribution in [0.3, 0.4) is 0 Å². The topological polar surface area (TPSA) is 95.3 Å². The number of ether oxygens (including phenoxy) is 2. The first kappa shape index (κ1) is 24.2. The molecule has 1 amide bonds. The van der Waals surface area contributed by atoms with Crippen LogP contribution < -0.4 is 4.74 Å². The Labute approximate surface area is 205 Å². The third kappa shape index (κ3) is 4.29. The number of rotatable bonds is 6. The third-order valence-corrected chi connectivity index (χ3v) is 6.94. The van der Waals surface area contributed by atoms with Crippen molar-refractivity contribution in [1.29, 1.82) is 0 Å². The van der Waals surface area contributed by atoms with E-state index >= 15 is 0 Å². The summed E-state index contributed by atoms with van der Waals surface area (Å²) < 4.78 is 50.4. The minimum atomic E-state index is -4.48. The molecule has 0 aromatic carbocycles. The molecule has 1 saturated carbocycles. The van der Waals surface area contributed by atoms with Crippen molar-refractivity contribution >= 4 is 5.91 Å². The van der Waals surface area contributed by atoms with Gasteiger partial charge in [0.15, 0.2) is 5.69 Å². The van der Waals surface area contributed by atoms with Crippen LogP contribution in [0.1, 0.15) is 41.5 Å². The van der Waals surface area contributed by atoms with Gasteiger partial charge in [0.25, 0.3) is 5.91 Å². The zero-order valence-electron chi connectivity index (χ0n) is 19.9. The monoisotopic (exact) mass is 502 g/mol. The molecular formula is C24H25F3N6O3. The van der Waals surface area contributed by atoms with Crippen LogP contribution in [-0.4, -0.2) is 67.2 Å². The summed E-state index contributed by atoms with van der Waals surface area (Å²) in [6.45, 7) is 3.71. The summed E-state index contributed by atoms with van der Waals surface area (Å²) in [7, 11) is 1.60. The van der Waals surface area contributed by atoms with Gasteiger partial charge in [-0.3, -0.25) is 4.79 Å². The highest BCUT2D eigenvalue weighted by Gasteiger charge is 2.56. The molecule has 3 aromatic rings. The lowest BCUT2D eigenvalue weighted by molar-refractivity contribution is -0.137. The van der Waals surface area contributed by atoms with E-state index in [4.69, 9.17) is 9.47 Å². The largest absolute Gasteiger partial charge is 0.472 e. The summed E-state index contributed by atoms with van der Waals surface area (Å²) in [5, 5.41) is 8.31. The number of methoxy groups -OCH3 is 1. The third-order valence-electron chi connectivity index (χ3n) is 6.94. The Morgan fingerprint density at radius 1 is 1.14 bits per heavy atom. The van der Waals surface area contributed by atoms with Crippen molar-refractivity contribution in [2.45, 2.75) is 57.2 Å². The number of fused-ring (bicyclic) bond motifs is 2. The van der Waals surface area contributed by atoms with E-state index in [0.717, 1.165) is 12.3 Å². The fraction of sp³-hybridized carbons (Fsp3) is 0.458. The minimum absolute atomic E-state index is 0.0828. The van der Waals surface area contributed by atoms with Gasteiger partial charge in [0.05, 0.1) is 36.1 Å². The van der Waals surface area contributed by atoms with Crippen LogP contribution in [-0.2, 0) is 10.9 Å². The maximum absolute atomic E-state index is 14.0. The van der Waals surface area contributed by atoms with Gasteiger partial charge >= 0.3 is 6.18 Å². The Morgan fingerprint density at radius 3 is 2.53 bits per heavy atom. The minimum Gasteiger partial charge on any atom is -0.472 e. The first-order valence-corrected chi connectivity index (χ1v) is 11.6.